The van der Waals surface area contributed by atoms with Crippen molar-refractivity contribution in [3.05, 3.63) is 97.1 Å². The number of aromatic nitrogens is 1. The van der Waals surface area contributed by atoms with Gasteiger partial charge in [0.2, 0.25) is 0 Å². The molecule has 0 fully saturated rings. The highest BCUT2D eigenvalue weighted by Crippen LogP contribution is 2.44. The zero-order valence-electron chi connectivity index (χ0n) is 18.1. The average molecular weight is 433 g/mol. The van der Waals surface area contributed by atoms with Gasteiger partial charge in [-0.15, -0.1) is 0 Å². The lowest BCUT2D eigenvalue weighted by Gasteiger charge is -2.37. The van der Waals surface area contributed by atoms with E-state index >= 15 is 0 Å². The van der Waals surface area contributed by atoms with Crippen LogP contribution in [0.4, 0.5) is 0 Å². The van der Waals surface area contributed by atoms with Crippen molar-refractivity contribution in [2.24, 2.45) is 0 Å². The molecule has 1 aromatic heterocycles. The maximum Gasteiger partial charge on any atom is 0.266 e. The Labute approximate surface area is 195 Å². The first-order valence-corrected chi connectivity index (χ1v) is 11.7. The molecule has 6 aromatic rings. The summed E-state index contributed by atoms with van der Waals surface area (Å²) in [6.45, 7) is 0.107. The monoisotopic (exact) mass is 433 g/mol. The molecule has 4 heteroatoms. The first-order chi connectivity index (χ1) is 16.9. The fraction of sp³-hybridized carbons (Fsp3) is 0. The van der Waals surface area contributed by atoms with Gasteiger partial charge in [0.15, 0.2) is 0 Å². The van der Waals surface area contributed by atoms with Gasteiger partial charge in [0, 0.05) is 27.5 Å². The predicted molar refractivity (Wildman–Crippen MR) is 137 cm³/mol. The first kappa shape index (κ1) is 17.1. The number of fused-ring (bicyclic) bond motifs is 4. The Kier molecular flexibility index (Phi) is 2.88. The zero-order chi connectivity index (χ0) is 22.0. The molecule has 3 aliphatic heterocycles. The van der Waals surface area contributed by atoms with Crippen molar-refractivity contribution < 1.29 is 9.47 Å². The number of ether oxygens (including phenoxy) is 2. The van der Waals surface area contributed by atoms with E-state index in [0.717, 1.165) is 28.5 Å². The summed E-state index contributed by atoms with van der Waals surface area (Å²) >= 11 is 0. The second-order valence-corrected chi connectivity index (χ2v) is 9.27. The molecule has 0 saturated carbocycles. The number of nitrogens with zero attached hydrogens (tertiary/aromatic N) is 1. The molecule has 0 saturated heterocycles. The van der Waals surface area contributed by atoms with Crippen molar-refractivity contribution in [3.8, 4) is 39.8 Å². The van der Waals surface area contributed by atoms with Gasteiger partial charge in [0.25, 0.3) is 6.71 Å². The molecule has 0 bridgehead atoms. The smallest absolute Gasteiger partial charge is 0.266 e. The molecule has 0 N–H and O–H groups in total. The maximum atomic E-state index is 6.49. The number of rotatable bonds is 1. The lowest BCUT2D eigenvalue weighted by molar-refractivity contribution is 0.464. The van der Waals surface area contributed by atoms with Crippen LogP contribution < -0.4 is 25.9 Å². The average Bonchev–Trinajstić information content (AvgIpc) is 3.24. The van der Waals surface area contributed by atoms with Crippen molar-refractivity contribution in [2.75, 3.05) is 0 Å². The van der Waals surface area contributed by atoms with E-state index in [0.29, 0.717) is 0 Å². The Morgan fingerprint density at radius 2 is 1.18 bits per heavy atom. The minimum Gasteiger partial charge on any atom is -0.458 e. The molecule has 0 amide bonds. The topological polar surface area (TPSA) is 23.4 Å². The van der Waals surface area contributed by atoms with Gasteiger partial charge >= 0.3 is 0 Å². The highest BCUT2D eigenvalue weighted by molar-refractivity contribution is 7.00. The summed E-state index contributed by atoms with van der Waals surface area (Å²) in [7, 11) is 0. The van der Waals surface area contributed by atoms with Crippen molar-refractivity contribution >= 4 is 44.9 Å². The third kappa shape index (κ3) is 1.85. The molecule has 0 unspecified atom stereocenters. The van der Waals surface area contributed by atoms with E-state index in [2.05, 4.69) is 95.6 Å². The maximum absolute atomic E-state index is 6.49. The van der Waals surface area contributed by atoms with Crippen LogP contribution in [0.3, 0.4) is 0 Å². The van der Waals surface area contributed by atoms with Gasteiger partial charge in [0.1, 0.15) is 23.0 Å². The number of benzene rings is 5. The van der Waals surface area contributed by atoms with Gasteiger partial charge in [-0.2, -0.15) is 0 Å². The van der Waals surface area contributed by atoms with Crippen LogP contribution in [0.2, 0.25) is 0 Å². The largest absolute Gasteiger partial charge is 0.458 e. The van der Waals surface area contributed by atoms with Crippen molar-refractivity contribution in [1.82, 2.24) is 4.57 Å². The van der Waals surface area contributed by atoms with Gasteiger partial charge in [0.05, 0.1) is 11.0 Å². The summed E-state index contributed by atoms with van der Waals surface area (Å²) in [5.74, 6) is 3.66. The zero-order valence-corrected chi connectivity index (χ0v) is 18.1. The molecule has 156 valence electrons. The van der Waals surface area contributed by atoms with Gasteiger partial charge < -0.3 is 14.0 Å². The van der Waals surface area contributed by atoms with Crippen molar-refractivity contribution in [3.63, 3.8) is 0 Å². The van der Waals surface area contributed by atoms with Crippen LogP contribution in [0.1, 0.15) is 0 Å². The van der Waals surface area contributed by atoms with Crippen LogP contribution in [-0.2, 0) is 0 Å². The standard InChI is InChI=1S/C30H16BNO2/c1-2-7-17(8-3-1)18-9-4-10-19-20-15-16-25-28-30(20)32(29(18)19)21-11-5-12-22-26(21)31(28)27-23(33-22)13-6-14-24(27)34-25/h1-16H. The fourth-order valence-corrected chi connectivity index (χ4v) is 6.38. The highest BCUT2D eigenvalue weighted by Gasteiger charge is 2.46. The van der Waals surface area contributed by atoms with Crippen LogP contribution in [0.25, 0.3) is 38.6 Å². The summed E-state index contributed by atoms with van der Waals surface area (Å²) < 4.78 is 15.4. The minimum atomic E-state index is 0.107. The quantitative estimate of drug-likeness (QED) is 0.320. The molecule has 0 aliphatic carbocycles. The molecule has 4 heterocycles. The Morgan fingerprint density at radius 1 is 0.500 bits per heavy atom. The molecule has 0 radical (unpaired) electrons. The highest BCUT2D eigenvalue weighted by atomic mass is 16.5. The van der Waals surface area contributed by atoms with E-state index in [1.54, 1.807) is 0 Å². The van der Waals surface area contributed by atoms with Gasteiger partial charge in [-0.1, -0.05) is 60.7 Å². The molecule has 5 aromatic carbocycles. The first-order valence-electron chi connectivity index (χ1n) is 11.7. The van der Waals surface area contributed by atoms with Gasteiger partial charge in [-0.3, -0.25) is 0 Å². The summed E-state index contributed by atoms with van der Waals surface area (Å²) in [6.07, 6.45) is 0. The van der Waals surface area contributed by atoms with E-state index in [9.17, 15) is 0 Å². The summed E-state index contributed by atoms with van der Waals surface area (Å²) in [6, 6.07) is 34.3. The summed E-state index contributed by atoms with van der Waals surface area (Å²) in [5, 5.41) is 2.52. The molecular weight excluding hydrogens is 417 g/mol. The number of hydrogen-bond acceptors (Lipinski definition) is 2. The van der Waals surface area contributed by atoms with Crippen LogP contribution in [0.5, 0.6) is 23.0 Å². The Bertz CT molecular complexity index is 1850. The van der Waals surface area contributed by atoms with E-state index in [1.165, 1.54) is 49.5 Å². The van der Waals surface area contributed by atoms with E-state index in [1.807, 2.05) is 6.07 Å². The number of para-hydroxylation sites is 1. The molecular formula is C30H16BNO2. The summed E-state index contributed by atoms with van der Waals surface area (Å²) in [4.78, 5) is 0. The van der Waals surface area contributed by atoms with E-state index < -0.39 is 0 Å². The van der Waals surface area contributed by atoms with Crippen LogP contribution >= 0.6 is 0 Å². The molecule has 0 spiro atoms. The minimum absolute atomic E-state index is 0.107. The van der Waals surface area contributed by atoms with Crippen LogP contribution in [0, 0.1) is 0 Å². The Morgan fingerprint density at radius 3 is 2.00 bits per heavy atom. The molecule has 34 heavy (non-hydrogen) atoms. The second kappa shape index (κ2) is 5.73. The predicted octanol–water partition coefficient (Wildman–Crippen LogP) is 5.49. The van der Waals surface area contributed by atoms with Gasteiger partial charge in [-0.25, -0.2) is 0 Å². The SMILES string of the molecule is c1ccc(-c2cccc3c4ccc5c6c4n(c23)-c2cccc3c2B6c2c(cccc2O5)O3)cc1. The molecule has 3 nitrogen and oxygen atoms in total. The van der Waals surface area contributed by atoms with E-state index in [-0.39, 0.29) is 6.71 Å². The lowest BCUT2D eigenvalue weighted by atomic mass is 9.33. The molecule has 3 aliphatic rings. The van der Waals surface area contributed by atoms with Crippen LogP contribution in [0.15, 0.2) is 97.1 Å². The van der Waals surface area contributed by atoms with Crippen molar-refractivity contribution in [2.45, 2.75) is 0 Å². The third-order valence-corrected chi connectivity index (χ3v) is 7.65. The normalized spacial score (nSPS) is 13.7. The third-order valence-electron chi connectivity index (χ3n) is 7.65. The number of hydrogen-bond donors (Lipinski definition) is 0. The summed E-state index contributed by atoms with van der Waals surface area (Å²) in [5.41, 5.74) is 9.73. The van der Waals surface area contributed by atoms with Crippen molar-refractivity contribution in [1.29, 1.82) is 0 Å². The van der Waals surface area contributed by atoms with E-state index in [4.69, 9.17) is 9.47 Å². The fourth-order valence-electron chi connectivity index (χ4n) is 6.38. The molecule has 9 rings (SSSR count). The van der Waals surface area contributed by atoms with Crippen LogP contribution in [-0.4, -0.2) is 11.3 Å². The molecule has 0 atom stereocenters. The van der Waals surface area contributed by atoms with Gasteiger partial charge in [-0.05, 0) is 52.9 Å². The Balaban J connectivity index is 1.54. The Hall–Kier alpha value is -4.44. The lowest BCUT2D eigenvalue weighted by Crippen LogP contribution is -2.60. The second-order valence-electron chi connectivity index (χ2n) is 9.27.